The summed E-state index contributed by atoms with van der Waals surface area (Å²) in [5.74, 6) is -2.97. The third-order valence-corrected chi connectivity index (χ3v) is 4.60. The van der Waals surface area contributed by atoms with Crippen LogP contribution in [0.5, 0.6) is 0 Å². The Labute approximate surface area is 169 Å². The highest BCUT2D eigenvalue weighted by molar-refractivity contribution is 5.69. The van der Waals surface area contributed by atoms with Crippen molar-refractivity contribution in [2.75, 3.05) is 26.2 Å². The molecule has 0 atom stereocenters. The predicted octanol–water partition coefficient (Wildman–Crippen LogP) is 5.11. The van der Waals surface area contributed by atoms with Crippen LogP contribution >= 0.6 is 0 Å². The number of carbonyl (C=O) groups is 2. The lowest BCUT2D eigenvalue weighted by Gasteiger charge is -2.56. The largest absolute Gasteiger partial charge is 0.444 e. The number of allylic oxidation sites excluding steroid dienone is 1. The standard InChI is InChI=1S/C13H20F2N2O3.C6H12.C2H6/c1-11(2,3)20-10(19)17-6-12(7-17)4-5-16(9-18)8-13(12,14)15;1-3-5-6-4-2;1-2/h9H,4-8H2,1-3H3;3H,1,4-6H2,2H3;1-2H3. The summed E-state index contributed by atoms with van der Waals surface area (Å²) in [6, 6.07) is 0. The molecule has 0 unspecified atom stereocenters. The molecule has 0 bridgehead atoms. The fourth-order valence-corrected chi connectivity index (χ4v) is 3.01. The van der Waals surface area contributed by atoms with E-state index in [1.807, 2.05) is 19.9 Å². The summed E-state index contributed by atoms with van der Waals surface area (Å²) in [6.07, 6.45) is 5.82. The second-order valence-electron chi connectivity index (χ2n) is 8.08. The first kappa shape index (κ1) is 26.3. The van der Waals surface area contributed by atoms with Gasteiger partial charge in [0.2, 0.25) is 6.41 Å². The second kappa shape index (κ2) is 11.4. The third-order valence-electron chi connectivity index (χ3n) is 4.60. The van der Waals surface area contributed by atoms with E-state index in [2.05, 4.69) is 13.5 Å². The smallest absolute Gasteiger partial charge is 0.410 e. The quantitative estimate of drug-likeness (QED) is 0.372. The fraction of sp³-hybridized carbons (Fsp3) is 0.810. The van der Waals surface area contributed by atoms with E-state index in [1.54, 1.807) is 20.8 Å². The summed E-state index contributed by atoms with van der Waals surface area (Å²) in [5.41, 5.74) is -1.84. The van der Waals surface area contributed by atoms with Gasteiger partial charge in [0.25, 0.3) is 5.92 Å². The van der Waals surface area contributed by atoms with Crippen molar-refractivity contribution in [3.63, 3.8) is 0 Å². The van der Waals surface area contributed by atoms with Gasteiger partial charge < -0.3 is 14.5 Å². The zero-order valence-corrected chi connectivity index (χ0v) is 18.4. The van der Waals surface area contributed by atoms with E-state index in [0.29, 0.717) is 13.0 Å². The molecule has 2 amide bonds. The fourth-order valence-electron chi connectivity index (χ4n) is 3.01. The molecule has 7 heteroatoms. The van der Waals surface area contributed by atoms with Gasteiger partial charge in [-0.2, -0.15) is 0 Å². The number of nitrogens with zero attached hydrogens (tertiary/aromatic N) is 2. The Morgan fingerprint density at radius 2 is 1.79 bits per heavy atom. The molecule has 0 radical (unpaired) electrons. The number of ether oxygens (including phenoxy) is 1. The minimum atomic E-state index is -2.97. The molecule has 0 N–H and O–H groups in total. The number of carbonyl (C=O) groups excluding carboxylic acids is 2. The molecular formula is C21H38F2N2O3. The van der Waals surface area contributed by atoms with Crippen molar-refractivity contribution in [1.29, 1.82) is 0 Å². The Balaban J connectivity index is 0.000000780. The maximum Gasteiger partial charge on any atom is 0.410 e. The lowest BCUT2D eigenvalue weighted by atomic mass is 9.69. The number of halogens is 2. The maximum absolute atomic E-state index is 14.1. The first-order valence-corrected chi connectivity index (χ1v) is 10.2. The van der Waals surface area contributed by atoms with Gasteiger partial charge in [0.15, 0.2) is 0 Å². The molecule has 1 spiro atoms. The van der Waals surface area contributed by atoms with Gasteiger partial charge in [0.1, 0.15) is 5.60 Å². The molecule has 0 saturated carbocycles. The van der Waals surface area contributed by atoms with Gasteiger partial charge in [0.05, 0.1) is 12.0 Å². The Hall–Kier alpha value is -1.66. The van der Waals surface area contributed by atoms with Crippen LogP contribution in [0.15, 0.2) is 12.7 Å². The summed E-state index contributed by atoms with van der Waals surface area (Å²) in [4.78, 5) is 24.8. The van der Waals surface area contributed by atoms with Crippen molar-refractivity contribution in [3.8, 4) is 0 Å². The van der Waals surface area contributed by atoms with Gasteiger partial charge in [-0.15, -0.1) is 6.58 Å². The topological polar surface area (TPSA) is 49.9 Å². The van der Waals surface area contributed by atoms with Gasteiger partial charge in [-0.3, -0.25) is 4.79 Å². The summed E-state index contributed by atoms with van der Waals surface area (Å²) >= 11 is 0. The summed E-state index contributed by atoms with van der Waals surface area (Å²) < 4.78 is 33.4. The van der Waals surface area contributed by atoms with Gasteiger partial charge >= 0.3 is 6.09 Å². The normalized spacial score (nSPS) is 19.3. The van der Waals surface area contributed by atoms with Crippen LogP contribution in [-0.2, 0) is 9.53 Å². The Bertz CT molecular complexity index is 498. The number of piperidine rings is 1. The molecule has 2 aliphatic rings. The van der Waals surface area contributed by atoms with Crippen molar-refractivity contribution in [3.05, 3.63) is 12.7 Å². The van der Waals surface area contributed by atoms with Crippen LogP contribution in [0.25, 0.3) is 0 Å². The Kier molecular flexibility index (Phi) is 10.7. The zero-order valence-electron chi connectivity index (χ0n) is 18.4. The van der Waals surface area contributed by atoms with E-state index in [0.717, 1.165) is 4.90 Å². The van der Waals surface area contributed by atoms with Crippen LogP contribution in [-0.4, -0.2) is 60.0 Å². The third kappa shape index (κ3) is 7.40. The Morgan fingerprint density at radius 3 is 2.14 bits per heavy atom. The molecule has 2 aliphatic heterocycles. The average Bonchev–Trinajstić information content (AvgIpc) is 2.58. The van der Waals surface area contributed by atoms with Crippen molar-refractivity contribution in [1.82, 2.24) is 9.80 Å². The SMILES string of the molecule is C=CCCCC.CC.CC(C)(C)OC(=O)N1CC2(CCN(C=O)CC2(F)F)C1. The lowest BCUT2D eigenvalue weighted by Crippen LogP contribution is -2.71. The molecule has 0 aromatic carbocycles. The molecule has 28 heavy (non-hydrogen) atoms. The monoisotopic (exact) mass is 404 g/mol. The highest BCUT2D eigenvalue weighted by Gasteiger charge is 2.63. The van der Waals surface area contributed by atoms with E-state index in [-0.39, 0.29) is 19.5 Å². The zero-order chi connectivity index (χ0) is 22.0. The van der Waals surface area contributed by atoms with Gasteiger partial charge in [-0.05, 0) is 33.6 Å². The molecule has 2 heterocycles. The first-order valence-electron chi connectivity index (χ1n) is 10.2. The van der Waals surface area contributed by atoms with E-state index in [9.17, 15) is 18.4 Å². The second-order valence-corrected chi connectivity index (χ2v) is 8.08. The molecule has 164 valence electrons. The van der Waals surface area contributed by atoms with E-state index < -0.39 is 29.6 Å². The summed E-state index contributed by atoms with van der Waals surface area (Å²) in [7, 11) is 0. The van der Waals surface area contributed by atoms with Crippen LogP contribution in [0.3, 0.4) is 0 Å². The molecule has 2 rings (SSSR count). The first-order chi connectivity index (χ1) is 13.0. The van der Waals surface area contributed by atoms with Crippen LogP contribution in [0.1, 0.15) is 67.2 Å². The predicted molar refractivity (Wildman–Crippen MR) is 109 cm³/mol. The molecule has 2 fully saturated rings. The molecule has 0 aliphatic carbocycles. The van der Waals surface area contributed by atoms with Gasteiger partial charge in [-0.25, -0.2) is 13.6 Å². The van der Waals surface area contributed by atoms with Gasteiger partial charge in [0, 0.05) is 19.6 Å². The van der Waals surface area contributed by atoms with Crippen molar-refractivity contribution < 1.29 is 23.1 Å². The van der Waals surface area contributed by atoms with E-state index >= 15 is 0 Å². The van der Waals surface area contributed by atoms with Crippen LogP contribution < -0.4 is 0 Å². The minimum absolute atomic E-state index is 0.0123. The summed E-state index contributed by atoms with van der Waals surface area (Å²) in [5, 5.41) is 0. The van der Waals surface area contributed by atoms with Crippen molar-refractivity contribution in [2.24, 2.45) is 5.41 Å². The number of hydrogen-bond acceptors (Lipinski definition) is 3. The maximum atomic E-state index is 14.1. The minimum Gasteiger partial charge on any atom is -0.444 e. The highest BCUT2D eigenvalue weighted by atomic mass is 19.3. The van der Waals surface area contributed by atoms with E-state index in [4.69, 9.17) is 4.74 Å². The van der Waals surface area contributed by atoms with Crippen LogP contribution in [0, 0.1) is 5.41 Å². The lowest BCUT2D eigenvalue weighted by molar-refractivity contribution is -0.216. The molecule has 5 nitrogen and oxygen atoms in total. The van der Waals surface area contributed by atoms with Crippen LogP contribution in [0.4, 0.5) is 13.6 Å². The van der Waals surface area contributed by atoms with Crippen molar-refractivity contribution in [2.45, 2.75) is 78.7 Å². The van der Waals surface area contributed by atoms with Gasteiger partial charge in [-0.1, -0.05) is 39.7 Å². The van der Waals surface area contributed by atoms with Crippen LogP contribution in [0.2, 0.25) is 0 Å². The molecule has 0 aromatic heterocycles. The van der Waals surface area contributed by atoms with Crippen molar-refractivity contribution >= 4 is 12.5 Å². The summed E-state index contributed by atoms with van der Waals surface area (Å²) in [6.45, 7) is 14.7. The average molecular weight is 405 g/mol. The molecule has 2 saturated heterocycles. The number of unbranched alkanes of at least 4 members (excludes halogenated alkanes) is 2. The molecular weight excluding hydrogens is 366 g/mol. The number of alkyl halides is 2. The number of rotatable bonds is 4. The number of amides is 2. The molecule has 0 aromatic rings. The number of likely N-dealkylation sites (tertiary alicyclic amines) is 2. The highest BCUT2D eigenvalue weighted by Crippen LogP contribution is 2.50. The Morgan fingerprint density at radius 1 is 1.21 bits per heavy atom. The van der Waals surface area contributed by atoms with E-state index in [1.165, 1.54) is 24.2 Å². The number of hydrogen-bond donors (Lipinski definition) is 0.